The van der Waals surface area contributed by atoms with Gasteiger partial charge in [-0.1, -0.05) is 23.7 Å². The van der Waals surface area contributed by atoms with Crippen molar-refractivity contribution in [1.29, 1.82) is 0 Å². The SMILES string of the molecule is COC(=O)N1CCCN(C(=O)c2cc(-c3cccc(Cl)c3)n[nH]2)CC1. The molecule has 0 saturated carbocycles. The van der Waals surface area contributed by atoms with Gasteiger partial charge in [0.1, 0.15) is 5.69 Å². The Balaban J connectivity index is 1.70. The maximum absolute atomic E-state index is 12.7. The second kappa shape index (κ2) is 7.57. The first-order chi connectivity index (χ1) is 12.1. The number of aromatic amines is 1. The van der Waals surface area contributed by atoms with E-state index in [0.29, 0.717) is 49.0 Å². The maximum Gasteiger partial charge on any atom is 0.409 e. The molecule has 2 amide bonds. The fourth-order valence-corrected chi connectivity index (χ4v) is 3.02. The lowest BCUT2D eigenvalue weighted by molar-refractivity contribution is 0.0751. The van der Waals surface area contributed by atoms with Gasteiger partial charge in [0.15, 0.2) is 0 Å². The van der Waals surface area contributed by atoms with Gasteiger partial charge in [0, 0.05) is 36.8 Å². The van der Waals surface area contributed by atoms with Crippen molar-refractivity contribution in [3.05, 3.63) is 41.0 Å². The number of ether oxygens (including phenoxy) is 1. The van der Waals surface area contributed by atoms with Crippen LogP contribution in [0, 0.1) is 0 Å². The zero-order chi connectivity index (χ0) is 17.8. The summed E-state index contributed by atoms with van der Waals surface area (Å²) in [6.45, 7) is 2.07. The Bertz CT molecular complexity index is 777. The topological polar surface area (TPSA) is 78.5 Å². The van der Waals surface area contributed by atoms with Crippen LogP contribution in [0.4, 0.5) is 4.79 Å². The molecule has 0 radical (unpaired) electrons. The molecule has 1 aliphatic heterocycles. The minimum atomic E-state index is -0.362. The predicted octanol–water partition coefficient (Wildman–Crippen LogP) is 2.64. The zero-order valence-corrected chi connectivity index (χ0v) is 14.6. The highest BCUT2D eigenvalue weighted by atomic mass is 35.5. The fraction of sp³-hybridized carbons (Fsp3) is 0.353. The lowest BCUT2D eigenvalue weighted by atomic mass is 10.1. The van der Waals surface area contributed by atoms with Crippen molar-refractivity contribution < 1.29 is 14.3 Å². The monoisotopic (exact) mass is 362 g/mol. The first kappa shape index (κ1) is 17.3. The second-order valence-electron chi connectivity index (χ2n) is 5.78. The molecule has 1 fully saturated rings. The summed E-state index contributed by atoms with van der Waals surface area (Å²) in [4.78, 5) is 27.7. The summed E-state index contributed by atoms with van der Waals surface area (Å²) < 4.78 is 4.74. The molecule has 25 heavy (non-hydrogen) atoms. The molecule has 2 heterocycles. The van der Waals surface area contributed by atoms with Crippen molar-refractivity contribution in [2.75, 3.05) is 33.3 Å². The molecule has 1 aromatic carbocycles. The van der Waals surface area contributed by atoms with E-state index in [-0.39, 0.29) is 12.0 Å². The van der Waals surface area contributed by atoms with Crippen LogP contribution in [0.3, 0.4) is 0 Å². The number of hydrogen-bond donors (Lipinski definition) is 1. The number of methoxy groups -OCH3 is 1. The van der Waals surface area contributed by atoms with E-state index in [1.54, 1.807) is 28.0 Å². The molecule has 8 heteroatoms. The second-order valence-corrected chi connectivity index (χ2v) is 6.22. The number of carbonyl (C=O) groups is 2. The molecule has 0 aliphatic carbocycles. The standard InChI is InChI=1S/C17H19ClN4O3/c1-25-17(24)22-7-3-6-21(8-9-22)16(23)15-11-14(19-20-15)12-4-2-5-13(18)10-12/h2,4-5,10-11H,3,6-9H2,1H3,(H,19,20). The van der Waals surface area contributed by atoms with E-state index in [1.807, 2.05) is 12.1 Å². The molecule has 0 unspecified atom stereocenters. The molecular weight excluding hydrogens is 344 g/mol. The first-order valence-corrected chi connectivity index (χ1v) is 8.40. The van der Waals surface area contributed by atoms with Crippen molar-refractivity contribution in [2.24, 2.45) is 0 Å². The molecule has 3 rings (SSSR count). The molecular formula is C17H19ClN4O3. The van der Waals surface area contributed by atoms with Gasteiger partial charge in [-0.05, 0) is 24.6 Å². The number of H-pyrrole nitrogens is 1. The molecule has 0 atom stereocenters. The highest BCUT2D eigenvalue weighted by Gasteiger charge is 2.24. The van der Waals surface area contributed by atoms with Crippen molar-refractivity contribution in [1.82, 2.24) is 20.0 Å². The lowest BCUT2D eigenvalue weighted by Crippen LogP contribution is -2.37. The molecule has 7 nitrogen and oxygen atoms in total. The van der Waals surface area contributed by atoms with Crippen LogP contribution in [0.1, 0.15) is 16.9 Å². The number of carbonyl (C=O) groups excluding carboxylic acids is 2. The van der Waals surface area contributed by atoms with Crippen molar-refractivity contribution in [3.63, 3.8) is 0 Å². The van der Waals surface area contributed by atoms with Crippen molar-refractivity contribution in [2.45, 2.75) is 6.42 Å². The van der Waals surface area contributed by atoms with Crippen LogP contribution in [-0.2, 0) is 4.74 Å². The summed E-state index contributed by atoms with van der Waals surface area (Å²) in [6.07, 6.45) is 0.343. The summed E-state index contributed by atoms with van der Waals surface area (Å²) in [5.41, 5.74) is 1.92. The third-order valence-corrected chi connectivity index (χ3v) is 4.38. The number of aromatic nitrogens is 2. The Kier molecular flexibility index (Phi) is 5.23. The van der Waals surface area contributed by atoms with E-state index in [2.05, 4.69) is 10.2 Å². The largest absolute Gasteiger partial charge is 0.453 e. The highest BCUT2D eigenvalue weighted by molar-refractivity contribution is 6.30. The Morgan fingerprint density at radius 1 is 1.16 bits per heavy atom. The van der Waals surface area contributed by atoms with Gasteiger partial charge in [0.05, 0.1) is 12.8 Å². The predicted molar refractivity (Wildman–Crippen MR) is 93.5 cm³/mol. The van der Waals surface area contributed by atoms with Crippen molar-refractivity contribution in [3.8, 4) is 11.3 Å². The van der Waals surface area contributed by atoms with Gasteiger partial charge in [-0.2, -0.15) is 5.10 Å². The molecule has 1 N–H and O–H groups in total. The van der Waals surface area contributed by atoms with Gasteiger partial charge in [-0.3, -0.25) is 9.89 Å². The number of hydrogen-bond acceptors (Lipinski definition) is 4. The number of amides is 2. The lowest BCUT2D eigenvalue weighted by Gasteiger charge is -2.20. The maximum atomic E-state index is 12.7. The fourth-order valence-electron chi connectivity index (χ4n) is 2.83. The highest BCUT2D eigenvalue weighted by Crippen LogP contribution is 2.22. The minimum Gasteiger partial charge on any atom is -0.453 e. The van der Waals surface area contributed by atoms with Gasteiger partial charge >= 0.3 is 6.09 Å². The van der Waals surface area contributed by atoms with Crippen LogP contribution in [-0.4, -0.2) is 65.3 Å². The number of nitrogens with zero attached hydrogens (tertiary/aromatic N) is 3. The number of halogens is 1. The molecule has 2 aromatic rings. The van der Waals surface area contributed by atoms with Crippen LogP contribution in [0.15, 0.2) is 30.3 Å². The smallest absolute Gasteiger partial charge is 0.409 e. The van der Waals surface area contributed by atoms with Gasteiger partial charge < -0.3 is 14.5 Å². The van der Waals surface area contributed by atoms with Crippen LogP contribution in [0.25, 0.3) is 11.3 Å². The minimum absolute atomic E-state index is 0.132. The average molecular weight is 363 g/mol. The van der Waals surface area contributed by atoms with Crippen LogP contribution in [0.5, 0.6) is 0 Å². The van der Waals surface area contributed by atoms with E-state index in [9.17, 15) is 9.59 Å². The summed E-state index contributed by atoms with van der Waals surface area (Å²) in [7, 11) is 1.36. The summed E-state index contributed by atoms with van der Waals surface area (Å²) >= 11 is 6.00. The third-order valence-electron chi connectivity index (χ3n) is 4.14. The Morgan fingerprint density at radius 3 is 2.68 bits per heavy atom. The van der Waals surface area contributed by atoms with Gasteiger partial charge in [0.25, 0.3) is 5.91 Å². The summed E-state index contributed by atoms with van der Waals surface area (Å²) in [5.74, 6) is -0.132. The summed E-state index contributed by atoms with van der Waals surface area (Å²) in [6, 6.07) is 9.03. The Labute approximate surface area is 150 Å². The Hall–Kier alpha value is -2.54. The van der Waals surface area contributed by atoms with Gasteiger partial charge in [-0.15, -0.1) is 0 Å². The number of rotatable bonds is 2. The van der Waals surface area contributed by atoms with Gasteiger partial charge in [0.2, 0.25) is 0 Å². The Morgan fingerprint density at radius 2 is 1.92 bits per heavy atom. The van der Waals surface area contributed by atoms with Crippen molar-refractivity contribution >= 4 is 23.6 Å². The van der Waals surface area contributed by atoms with E-state index >= 15 is 0 Å². The molecule has 1 saturated heterocycles. The van der Waals surface area contributed by atoms with Crippen LogP contribution < -0.4 is 0 Å². The third kappa shape index (κ3) is 3.93. The molecule has 132 valence electrons. The summed E-state index contributed by atoms with van der Waals surface area (Å²) in [5, 5.41) is 7.62. The average Bonchev–Trinajstić information content (AvgIpc) is 2.98. The number of benzene rings is 1. The van der Waals surface area contributed by atoms with E-state index in [0.717, 1.165) is 5.56 Å². The first-order valence-electron chi connectivity index (χ1n) is 8.02. The molecule has 1 aromatic heterocycles. The quantitative estimate of drug-likeness (QED) is 0.890. The number of nitrogens with one attached hydrogen (secondary N) is 1. The normalized spacial score (nSPS) is 15.0. The molecule has 1 aliphatic rings. The van der Waals surface area contributed by atoms with E-state index in [1.165, 1.54) is 7.11 Å². The zero-order valence-electron chi connectivity index (χ0n) is 13.9. The van der Waals surface area contributed by atoms with E-state index in [4.69, 9.17) is 16.3 Å². The van der Waals surface area contributed by atoms with E-state index < -0.39 is 0 Å². The molecule has 0 spiro atoms. The van der Waals surface area contributed by atoms with Crippen LogP contribution in [0.2, 0.25) is 5.02 Å². The molecule has 0 bridgehead atoms. The van der Waals surface area contributed by atoms with Gasteiger partial charge in [-0.25, -0.2) is 4.79 Å². The van der Waals surface area contributed by atoms with Crippen LogP contribution >= 0.6 is 11.6 Å².